The summed E-state index contributed by atoms with van der Waals surface area (Å²) in [5, 5.41) is 9.77. The Bertz CT molecular complexity index is 1380. The van der Waals surface area contributed by atoms with Crippen LogP contribution in [-0.4, -0.2) is 25.3 Å². The van der Waals surface area contributed by atoms with Crippen LogP contribution in [0.3, 0.4) is 0 Å². The molecule has 5 nitrogen and oxygen atoms in total. The fourth-order valence-electron chi connectivity index (χ4n) is 6.05. The van der Waals surface area contributed by atoms with Crippen LogP contribution in [0.25, 0.3) is 11.1 Å². The van der Waals surface area contributed by atoms with Crippen molar-refractivity contribution >= 4 is 5.97 Å². The first kappa shape index (κ1) is 29.6. The Balaban J connectivity index is 1.69. The molecule has 0 aliphatic heterocycles. The lowest BCUT2D eigenvalue weighted by atomic mass is 9.64. The standard InChI is InChI=1S/C34H41FO5/c1-21(32(36)37)34(5)17-9-10-23-14-15-24(19-28(23)34)40-20-22-13-16-25(26-11-8-12-29(38-6)30(26)35)27(18-22)31(39-7)33(2,3)4/h8,11-16,18-19,21,31H,9-10,17,20H2,1-7H3,(H,36,37). The number of rotatable bonds is 9. The van der Waals surface area contributed by atoms with Crippen molar-refractivity contribution in [3.8, 4) is 22.6 Å². The van der Waals surface area contributed by atoms with E-state index < -0.39 is 23.1 Å². The van der Waals surface area contributed by atoms with Crippen molar-refractivity contribution in [1.29, 1.82) is 0 Å². The average Bonchev–Trinajstić information content (AvgIpc) is 2.92. The van der Waals surface area contributed by atoms with Crippen LogP contribution in [0.2, 0.25) is 0 Å². The number of methoxy groups -OCH3 is 2. The van der Waals surface area contributed by atoms with Crippen molar-refractivity contribution in [2.24, 2.45) is 11.3 Å². The first-order valence-electron chi connectivity index (χ1n) is 13.9. The van der Waals surface area contributed by atoms with E-state index in [4.69, 9.17) is 14.2 Å². The van der Waals surface area contributed by atoms with Gasteiger partial charge in [-0.2, -0.15) is 0 Å². The van der Waals surface area contributed by atoms with E-state index in [2.05, 4.69) is 26.8 Å². The second-order valence-electron chi connectivity index (χ2n) is 12.2. The maximum absolute atomic E-state index is 15.4. The summed E-state index contributed by atoms with van der Waals surface area (Å²) < 4.78 is 32.8. The molecule has 0 spiro atoms. The van der Waals surface area contributed by atoms with Gasteiger partial charge in [0, 0.05) is 18.1 Å². The second kappa shape index (κ2) is 11.6. The van der Waals surface area contributed by atoms with Crippen LogP contribution in [0.5, 0.6) is 11.5 Å². The summed E-state index contributed by atoms with van der Waals surface area (Å²) in [4.78, 5) is 11.9. The van der Waals surface area contributed by atoms with E-state index in [-0.39, 0.29) is 17.3 Å². The van der Waals surface area contributed by atoms with Crippen LogP contribution in [0.1, 0.15) is 75.8 Å². The lowest BCUT2D eigenvalue weighted by Gasteiger charge is -2.39. The fraction of sp³-hybridized carbons (Fsp3) is 0.441. The van der Waals surface area contributed by atoms with Gasteiger partial charge in [-0.25, -0.2) is 4.39 Å². The Morgan fingerprint density at radius 2 is 1.82 bits per heavy atom. The van der Waals surface area contributed by atoms with Crippen molar-refractivity contribution < 1.29 is 28.5 Å². The van der Waals surface area contributed by atoms with E-state index in [1.54, 1.807) is 32.2 Å². The summed E-state index contributed by atoms with van der Waals surface area (Å²) >= 11 is 0. The maximum Gasteiger partial charge on any atom is 0.307 e. The number of ether oxygens (including phenoxy) is 3. The third-order valence-electron chi connectivity index (χ3n) is 8.46. The third-order valence-corrected chi connectivity index (χ3v) is 8.46. The van der Waals surface area contributed by atoms with Gasteiger partial charge in [-0.05, 0) is 76.8 Å². The zero-order valence-corrected chi connectivity index (χ0v) is 24.6. The number of hydrogen-bond donors (Lipinski definition) is 1. The van der Waals surface area contributed by atoms with E-state index in [1.807, 2.05) is 37.3 Å². The molecule has 214 valence electrons. The van der Waals surface area contributed by atoms with Gasteiger partial charge in [0.25, 0.3) is 0 Å². The van der Waals surface area contributed by atoms with Crippen molar-refractivity contribution in [2.45, 2.75) is 72.0 Å². The Labute approximate surface area is 237 Å². The summed E-state index contributed by atoms with van der Waals surface area (Å²) in [6.07, 6.45) is 2.44. The Hall–Kier alpha value is -3.38. The van der Waals surface area contributed by atoms with Gasteiger partial charge in [0.15, 0.2) is 11.6 Å². The zero-order chi connectivity index (χ0) is 29.2. The van der Waals surface area contributed by atoms with Crippen molar-refractivity contribution in [1.82, 2.24) is 0 Å². The second-order valence-corrected chi connectivity index (χ2v) is 12.2. The summed E-state index contributed by atoms with van der Waals surface area (Å²) in [5.41, 5.74) is 4.54. The topological polar surface area (TPSA) is 65.0 Å². The number of aryl methyl sites for hydroxylation is 1. The van der Waals surface area contributed by atoms with Gasteiger partial charge in [-0.15, -0.1) is 0 Å². The predicted molar refractivity (Wildman–Crippen MR) is 155 cm³/mol. The number of aliphatic carboxylic acids is 1. The summed E-state index contributed by atoms with van der Waals surface area (Å²) in [7, 11) is 3.13. The highest BCUT2D eigenvalue weighted by Crippen LogP contribution is 2.45. The molecule has 0 heterocycles. The molecule has 40 heavy (non-hydrogen) atoms. The van der Waals surface area contributed by atoms with Gasteiger partial charge in [-0.3, -0.25) is 4.79 Å². The van der Waals surface area contributed by atoms with E-state index in [0.717, 1.165) is 41.5 Å². The first-order valence-corrected chi connectivity index (χ1v) is 13.9. The van der Waals surface area contributed by atoms with Crippen LogP contribution < -0.4 is 9.47 Å². The van der Waals surface area contributed by atoms with Crippen LogP contribution in [0.15, 0.2) is 54.6 Å². The lowest BCUT2D eigenvalue weighted by molar-refractivity contribution is -0.143. The predicted octanol–water partition coefficient (Wildman–Crippen LogP) is 8.13. The molecule has 0 fully saturated rings. The van der Waals surface area contributed by atoms with Crippen molar-refractivity contribution in [2.75, 3.05) is 14.2 Å². The summed E-state index contributed by atoms with van der Waals surface area (Å²) in [6, 6.07) is 17.1. The van der Waals surface area contributed by atoms with Gasteiger partial charge in [0.2, 0.25) is 0 Å². The molecule has 3 aromatic carbocycles. The van der Waals surface area contributed by atoms with Gasteiger partial charge >= 0.3 is 5.97 Å². The van der Waals surface area contributed by atoms with E-state index in [9.17, 15) is 9.90 Å². The third kappa shape index (κ3) is 5.73. The molecule has 3 atom stereocenters. The Morgan fingerprint density at radius 1 is 1.07 bits per heavy atom. The Kier molecular flexibility index (Phi) is 8.60. The molecule has 1 aliphatic carbocycles. The molecule has 1 aliphatic rings. The number of carboxylic acid groups (broad SMARTS) is 1. The molecule has 4 rings (SSSR count). The molecule has 0 amide bonds. The van der Waals surface area contributed by atoms with E-state index in [0.29, 0.717) is 17.9 Å². The summed E-state index contributed by atoms with van der Waals surface area (Å²) in [5.74, 6) is -0.803. The highest BCUT2D eigenvalue weighted by Gasteiger charge is 2.40. The van der Waals surface area contributed by atoms with Crippen LogP contribution in [0, 0.1) is 17.2 Å². The minimum atomic E-state index is -0.784. The highest BCUT2D eigenvalue weighted by atomic mass is 19.1. The van der Waals surface area contributed by atoms with Crippen molar-refractivity contribution in [3.63, 3.8) is 0 Å². The number of carboxylic acids is 1. The molecule has 0 bridgehead atoms. The zero-order valence-electron chi connectivity index (χ0n) is 24.6. The molecular weight excluding hydrogens is 507 g/mol. The first-order chi connectivity index (χ1) is 18.9. The molecular formula is C34H41FO5. The molecule has 1 N–H and O–H groups in total. The smallest absolute Gasteiger partial charge is 0.307 e. The van der Waals surface area contributed by atoms with Gasteiger partial charge in [-0.1, -0.05) is 65.0 Å². The molecule has 3 unspecified atom stereocenters. The van der Waals surface area contributed by atoms with Crippen molar-refractivity contribution in [3.05, 3.63) is 82.7 Å². The van der Waals surface area contributed by atoms with Crippen LogP contribution >= 0.6 is 0 Å². The molecule has 0 saturated carbocycles. The number of carbonyl (C=O) groups is 1. The minimum Gasteiger partial charge on any atom is -0.494 e. The van der Waals surface area contributed by atoms with Gasteiger partial charge < -0.3 is 19.3 Å². The number of benzene rings is 3. The molecule has 0 radical (unpaired) electrons. The quantitative estimate of drug-likeness (QED) is 0.292. The lowest BCUT2D eigenvalue weighted by Crippen LogP contribution is -2.38. The maximum atomic E-state index is 15.4. The normalized spacial score (nSPS) is 18.5. The molecule has 3 aromatic rings. The van der Waals surface area contributed by atoms with Gasteiger partial charge in [0.05, 0.1) is 19.1 Å². The summed E-state index contributed by atoms with van der Waals surface area (Å²) in [6.45, 7) is 10.4. The fourth-order valence-corrected chi connectivity index (χ4v) is 6.05. The van der Waals surface area contributed by atoms with Gasteiger partial charge in [0.1, 0.15) is 12.4 Å². The number of hydrogen-bond acceptors (Lipinski definition) is 4. The average molecular weight is 549 g/mol. The molecule has 6 heteroatoms. The highest BCUT2D eigenvalue weighted by molar-refractivity contribution is 5.72. The SMILES string of the molecule is COc1cccc(-c2ccc(COc3ccc4c(c3)C(C)(C(C)C(=O)O)CCC4)cc2C(OC)C(C)(C)C)c1F. The van der Waals surface area contributed by atoms with E-state index in [1.165, 1.54) is 12.7 Å². The monoisotopic (exact) mass is 548 g/mol. The molecule has 0 saturated heterocycles. The van der Waals surface area contributed by atoms with E-state index >= 15 is 4.39 Å². The molecule has 0 aromatic heterocycles. The number of halogens is 1. The number of fused-ring (bicyclic) bond motifs is 1. The van der Waals surface area contributed by atoms with Crippen LogP contribution in [-0.2, 0) is 28.0 Å². The Morgan fingerprint density at radius 3 is 2.48 bits per heavy atom. The largest absolute Gasteiger partial charge is 0.494 e. The van der Waals surface area contributed by atoms with Crippen LogP contribution in [0.4, 0.5) is 4.39 Å². The minimum absolute atomic E-state index is 0.192.